The first kappa shape index (κ1) is 17.0. The van der Waals surface area contributed by atoms with Crippen LogP contribution in [0, 0.1) is 12.8 Å². The van der Waals surface area contributed by atoms with Crippen molar-refractivity contribution in [3.8, 4) is 0 Å². The van der Waals surface area contributed by atoms with Crippen LogP contribution < -0.4 is 0 Å². The molecule has 2 fully saturated rings. The quantitative estimate of drug-likeness (QED) is 0.833. The summed E-state index contributed by atoms with van der Waals surface area (Å²) in [5.74, 6) is 0.129. The number of carbonyl (C=O) groups is 2. The second-order valence-electron chi connectivity index (χ2n) is 7.22. The second-order valence-corrected chi connectivity index (χ2v) is 7.22. The lowest BCUT2D eigenvalue weighted by molar-refractivity contribution is -0.137. The van der Waals surface area contributed by atoms with Crippen LogP contribution in [0.25, 0.3) is 0 Å². The smallest absolute Gasteiger partial charge is 0.228 e. The summed E-state index contributed by atoms with van der Waals surface area (Å²) in [5.41, 5.74) is 2.35. The van der Waals surface area contributed by atoms with E-state index in [1.807, 2.05) is 9.80 Å². The first-order valence-corrected chi connectivity index (χ1v) is 9.22. The number of hydrogen-bond acceptors (Lipinski definition) is 2. The molecular weight excluding hydrogens is 300 g/mol. The number of rotatable bonds is 5. The first-order chi connectivity index (χ1) is 11.6. The third kappa shape index (κ3) is 3.63. The summed E-state index contributed by atoms with van der Waals surface area (Å²) in [6, 6.07) is 8.65. The van der Waals surface area contributed by atoms with Gasteiger partial charge in [-0.1, -0.05) is 42.7 Å². The van der Waals surface area contributed by atoms with E-state index >= 15 is 0 Å². The molecule has 1 aliphatic heterocycles. The normalized spacial score (nSPS) is 21.5. The molecule has 3 rings (SSSR count). The predicted molar refractivity (Wildman–Crippen MR) is 94.3 cm³/mol. The van der Waals surface area contributed by atoms with Gasteiger partial charge in [-0.2, -0.15) is 0 Å². The van der Waals surface area contributed by atoms with Crippen LogP contribution >= 0.6 is 0 Å². The van der Waals surface area contributed by atoms with Gasteiger partial charge < -0.3 is 9.80 Å². The Kier molecular flexibility index (Phi) is 5.22. The number of likely N-dealkylation sites (tertiary alicyclic amines) is 1. The van der Waals surface area contributed by atoms with Gasteiger partial charge in [-0.15, -0.1) is 0 Å². The number of benzene rings is 1. The van der Waals surface area contributed by atoms with Gasteiger partial charge in [-0.25, -0.2) is 0 Å². The number of hydrogen-bond donors (Lipinski definition) is 0. The highest BCUT2D eigenvalue weighted by atomic mass is 16.2. The van der Waals surface area contributed by atoms with E-state index in [-0.39, 0.29) is 17.7 Å². The van der Waals surface area contributed by atoms with Gasteiger partial charge >= 0.3 is 0 Å². The molecule has 1 aromatic carbocycles. The van der Waals surface area contributed by atoms with Crippen molar-refractivity contribution in [1.82, 2.24) is 9.80 Å². The molecule has 1 atom stereocenters. The maximum absolute atomic E-state index is 12.9. The van der Waals surface area contributed by atoms with Crippen molar-refractivity contribution in [2.45, 2.75) is 58.5 Å². The molecule has 1 aliphatic carbocycles. The number of amides is 2. The highest BCUT2D eigenvalue weighted by molar-refractivity contribution is 5.89. The molecule has 0 N–H and O–H groups in total. The van der Waals surface area contributed by atoms with E-state index in [0.717, 1.165) is 24.9 Å². The van der Waals surface area contributed by atoms with Gasteiger partial charge in [0.15, 0.2) is 0 Å². The third-order valence-corrected chi connectivity index (χ3v) is 5.45. The largest absolute Gasteiger partial charge is 0.340 e. The Hall–Kier alpha value is -1.84. The van der Waals surface area contributed by atoms with Crippen LogP contribution in [-0.4, -0.2) is 40.7 Å². The Morgan fingerprint density at radius 1 is 1.21 bits per heavy atom. The molecule has 24 heavy (non-hydrogen) atoms. The van der Waals surface area contributed by atoms with Gasteiger partial charge in [0.25, 0.3) is 0 Å². The third-order valence-electron chi connectivity index (χ3n) is 5.45. The zero-order chi connectivity index (χ0) is 17.1. The molecule has 1 saturated carbocycles. The lowest BCUT2D eigenvalue weighted by Crippen LogP contribution is -2.43. The molecule has 0 bridgehead atoms. The Balaban J connectivity index is 1.62. The lowest BCUT2D eigenvalue weighted by atomic mass is 10.1. The highest BCUT2D eigenvalue weighted by Gasteiger charge is 2.38. The summed E-state index contributed by atoms with van der Waals surface area (Å²) < 4.78 is 0. The molecule has 1 heterocycles. The predicted octanol–water partition coefficient (Wildman–Crippen LogP) is 3.13. The first-order valence-electron chi connectivity index (χ1n) is 9.22. The number of nitrogens with zero attached hydrogens (tertiary/aromatic N) is 2. The van der Waals surface area contributed by atoms with Gasteiger partial charge in [0.05, 0.1) is 5.92 Å². The van der Waals surface area contributed by atoms with Crippen LogP contribution in [-0.2, 0) is 16.1 Å². The zero-order valence-corrected chi connectivity index (χ0v) is 14.8. The SMILES string of the molecule is CCN(C(=O)C1CC(=O)N(Cc2ccc(C)cc2)C1)C1CCCC1. The van der Waals surface area contributed by atoms with Crippen molar-refractivity contribution in [2.75, 3.05) is 13.1 Å². The molecule has 0 aromatic heterocycles. The van der Waals surface area contributed by atoms with Crippen LogP contribution in [0.15, 0.2) is 24.3 Å². The molecule has 4 heteroatoms. The van der Waals surface area contributed by atoms with Crippen molar-refractivity contribution < 1.29 is 9.59 Å². The van der Waals surface area contributed by atoms with E-state index in [4.69, 9.17) is 0 Å². The minimum atomic E-state index is -0.163. The molecule has 1 saturated heterocycles. The van der Waals surface area contributed by atoms with Gasteiger partial charge in [0.2, 0.25) is 11.8 Å². The van der Waals surface area contributed by atoms with Gasteiger partial charge in [0.1, 0.15) is 0 Å². The van der Waals surface area contributed by atoms with Crippen molar-refractivity contribution in [3.63, 3.8) is 0 Å². The highest BCUT2D eigenvalue weighted by Crippen LogP contribution is 2.28. The van der Waals surface area contributed by atoms with Crippen molar-refractivity contribution in [1.29, 1.82) is 0 Å². The average molecular weight is 328 g/mol. The Morgan fingerprint density at radius 3 is 2.50 bits per heavy atom. The van der Waals surface area contributed by atoms with Crippen LogP contribution in [0.3, 0.4) is 0 Å². The second kappa shape index (κ2) is 7.37. The minimum absolute atomic E-state index is 0.108. The van der Waals surface area contributed by atoms with E-state index in [0.29, 0.717) is 25.6 Å². The molecule has 1 unspecified atom stereocenters. The zero-order valence-electron chi connectivity index (χ0n) is 14.8. The van der Waals surface area contributed by atoms with E-state index in [9.17, 15) is 9.59 Å². The molecule has 130 valence electrons. The summed E-state index contributed by atoms with van der Waals surface area (Å²) in [4.78, 5) is 29.1. The van der Waals surface area contributed by atoms with E-state index in [1.54, 1.807) is 0 Å². The fourth-order valence-electron chi connectivity index (χ4n) is 4.05. The summed E-state index contributed by atoms with van der Waals surface area (Å²) in [6.45, 7) is 6.04. The maximum atomic E-state index is 12.9. The molecule has 2 aliphatic rings. The van der Waals surface area contributed by atoms with E-state index in [2.05, 4.69) is 38.1 Å². The Labute approximate surface area is 144 Å². The Bertz CT molecular complexity index is 590. The molecule has 4 nitrogen and oxygen atoms in total. The summed E-state index contributed by atoms with van der Waals surface area (Å²) in [5, 5.41) is 0. The van der Waals surface area contributed by atoms with Crippen LogP contribution in [0.5, 0.6) is 0 Å². The lowest BCUT2D eigenvalue weighted by Gasteiger charge is -2.30. The van der Waals surface area contributed by atoms with Crippen molar-refractivity contribution >= 4 is 11.8 Å². The maximum Gasteiger partial charge on any atom is 0.228 e. The van der Waals surface area contributed by atoms with Crippen molar-refractivity contribution in [3.05, 3.63) is 35.4 Å². The molecule has 2 amide bonds. The molecule has 1 aromatic rings. The standard InChI is InChI=1S/C20H28N2O2/c1-3-22(18-6-4-5-7-18)20(24)17-12-19(23)21(14-17)13-16-10-8-15(2)9-11-16/h8-11,17-18H,3-7,12-14H2,1-2H3. The van der Waals surface area contributed by atoms with Crippen LogP contribution in [0.4, 0.5) is 0 Å². The monoisotopic (exact) mass is 328 g/mol. The molecule has 0 radical (unpaired) electrons. The molecule has 0 spiro atoms. The summed E-state index contributed by atoms with van der Waals surface area (Å²) in [6.07, 6.45) is 5.05. The fraction of sp³-hybridized carbons (Fsp3) is 0.600. The summed E-state index contributed by atoms with van der Waals surface area (Å²) in [7, 11) is 0. The number of aryl methyl sites for hydroxylation is 1. The van der Waals surface area contributed by atoms with Crippen LogP contribution in [0.1, 0.15) is 50.2 Å². The summed E-state index contributed by atoms with van der Waals surface area (Å²) >= 11 is 0. The van der Waals surface area contributed by atoms with Gasteiger partial charge in [-0.05, 0) is 32.3 Å². The molecular formula is C20H28N2O2. The van der Waals surface area contributed by atoms with E-state index in [1.165, 1.54) is 18.4 Å². The van der Waals surface area contributed by atoms with Crippen molar-refractivity contribution in [2.24, 2.45) is 5.92 Å². The van der Waals surface area contributed by atoms with Gasteiger partial charge in [0, 0.05) is 32.1 Å². The number of carbonyl (C=O) groups excluding carboxylic acids is 2. The average Bonchev–Trinajstić information content (AvgIpc) is 3.21. The fourth-order valence-corrected chi connectivity index (χ4v) is 4.05. The van der Waals surface area contributed by atoms with Crippen LogP contribution in [0.2, 0.25) is 0 Å². The Morgan fingerprint density at radius 2 is 1.88 bits per heavy atom. The topological polar surface area (TPSA) is 40.6 Å². The van der Waals surface area contributed by atoms with E-state index < -0.39 is 0 Å². The van der Waals surface area contributed by atoms with Gasteiger partial charge in [-0.3, -0.25) is 9.59 Å². The minimum Gasteiger partial charge on any atom is -0.340 e.